The predicted octanol–water partition coefficient (Wildman–Crippen LogP) is 2.44. The maximum absolute atomic E-state index is 9.75. The molecule has 1 aliphatic rings. The van der Waals surface area contributed by atoms with E-state index in [9.17, 15) is 5.11 Å². The average Bonchev–Trinajstić information content (AvgIpc) is 2.30. The summed E-state index contributed by atoms with van der Waals surface area (Å²) in [6.45, 7) is 8.11. The number of nitrogens with one attached hydrogen (secondary N) is 1. The summed E-state index contributed by atoms with van der Waals surface area (Å²) in [4.78, 5) is 4.33. The molecule has 0 spiro atoms. The highest BCUT2D eigenvalue weighted by molar-refractivity contribution is 5.51. The van der Waals surface area contributed by atoms with Gasteiger partial charge in [0.2, 0.25) is 0 Å². The maximum Gasteiger partial charge on any atom is 0.169 e. The van der Waals surface area contributed by atoms with Gasteiger partial charge in [0.05, 0.1) is 12.2 Å². The molecule has 4 heteroatoms. The van der Waals surface area contributed by atoms with Crippen LogP contribution in [0.15, 0.2) is 18.3 Å². The van der Waals surface area contributed by atoms with Crippen LogP contribution in [0.3, 0.4) is 0 Å². The minimum absolute atomic E-state index is 0.118. The molecule has 0 saturated heterocycles. The van der Waals surface area contributed by atoms with Gasteiger partial charge in [0, 0.05) is 17.7 Å². The van der Waals surface area contributed by atoms with Crippen molar-refractivity contribution in [3.05, 3.63) is 18.3 Å². The summed E-state index contributed by atoms with van der Waals surface area (Å²) in [6.07, 6.45) is 2.38. The van der Waals surface area contributed by atoms with Gasteiger partial charge in [0.25, 0.3) is 0 Å². The first-order valence-electron chi connectivity index (χ1n) is 6.47. The smallest absolute Gasteiger partial charge is 0.169 e. The first-order chi connectivity index (χ1) is 8.41. The first kappa shape index (κ1) is 13.1. The molecule has 1 saturated carbocycles. The van der Waals surface area contributed by atoms with Crippen molar-refractivity contribution in [3.63, 3.8) is 0 Å². The molecule has 1 aromatic heterocycles. The van der Waals surface area contributed by atoms with Crippen molar-refractivity contribution >= 4 is 5.82 Å². The number of nitrogens with zero attached hydrogens (tertiary/aromatic N) is 1. The van der Waals surface area contributed by atoms with E-state index in [1.807, 2.05) is 26.0 Å². The van der Waals surface area contributed by atoms with Gasteiger partial charge in [-0.25, -0.2) is 4.98 Å². The first-order valence-corrected chi connectivity index (χ1v) is 6.47. The van der Waals surface area contributed by atoms with E-state index in [2.05, 4.69) is 24.1 Å². The fourth-order valence-electron chi connectivity index (χ4n) is 2.16. The van der Waals surface area contributed by atoms with Gasteiger partial charge in [-0.15, -0.1) is 0 Å². The van der Waals surface area contributed by atoms with Gasteiger partial charge < -0.3 is 15.2 Å². The molecule has 1 fully saturated rings. The van der Waals surface area contributed by atoms with Crippen molar-refractivity contribution in [1.82, 2.24) is 4.98 Å². The maximum atomic E-state index is 9.75. The number of aliphatic hydroxyl groups is 1. The van der Waals surface area contributed by atoms with Crippen LogP contribution in [-0.2, 0) is 0 Å². The Hall–Kier alpha value is -1.29. The Bertz CT molecular complexity index is 418. The van der Waals surface area contributed by atoms with Crippen LogP contribution in [0.5, 0.6) is 5.75 Å². The highest BCUT2D eigenvalue weighted by Crippen LogP contribution is 2.42. The van der Waals surface area contributed by atoms with E-state index >= 15 is 0 Å². The number of hydrogen-bond donors (Lipinski definition) is 2. The topological polar surface area (TPSA) is 54.4 Å². The molecular weight excluding hydrogens is 228 g/mol. The van der Waals surface area contributed by atoms with Crippen molar-refractivity contribution in [2.24, 2.45) is 5.41 Å². The van der Waals surface area contributed by atoms with Crippen LogP contribution in [0.2, 0.25) is 0 Å². The Kier molecular flexibility index (Phi) is 3.48. The third-order valence-electron chi connectivity index (χ3n) is 3.66. The highest BCUT2D eigenvalue weighted by Gasteiger charge is 2.47. The second kappa shape index (κ2) is 4.76. The molecule has 2 N–H and O–H groups in total. The fourth-order valence-corrected chi connectivity index (χ4v) is 2.16. The van der Waals surface area contributed by atoms with E-state index in [1.54, 1.807) is 6.20 Å². The van der Waals surface area contributed by atoms with Crippen molar-refractivity contribution in [3.8, 4) is 5.75 Å². The molecule has 0 amide bonds. The van der Waals surface area contributed by atoms with Crippen LogP contribution in [0.25, 0.3) is 0 Å². The molecule has 18 heavy (non-hydrogen) atoms. The van der Waals surface area contributed by atoms with E-state index in [0.29, 0.717) is 0 Å². The lowest BCUT2D eigenvalue weighted by Crippen LogP contribution is -2.57. The Morgan fingerprint density at radius 3 is 2.78 bits per heavy atom. The van der Waals surface area contributed by atoms with E-state index in [4.69, 9.17) is 4.74 Å². The van der Waals surface area contributed by atoms with Gasteiger partial charge in [-0.1, -0.05) is 13.8 Å². The van der Waals surface area contributed by atoms with Gasteiger partial charge in [-0.2, -0.15) is 0 Å². The number of rotatable bonds is 4. The molecule has 2 atom stereocenters. The molecule has 1 aliphatic carbocycles. The van der Waals surface area contributed by atoms with Gasteiger partial charge in [-0.3, -0.25) is 0 Å². The summed E-state index contributed by atoms with van der Waals surface area (Å²) >= 11 is 0. The van der Waals surface area contributed by atoms with Crippen LogP contribution in [0.4, 0.5) is 5.82 Å². The Morgan fingerprint density at radius 1 is 1.50 bits per heavy atom. The number of pyridine rings is 1. The largest absolute Gasteiger partial charge is 0.487 e. The number of hydrogen-bond acceptors (Lipinski definition) is 4. The van der Waals surface area contributed by atoms with Crippen LogP contribution in [0.1, 0.15) is 34.1 Å². The molecular formula is C14H22N2O2. The number of aliphatic hydroxyl groups excluding tert-OH is 1. The Balaban J connectivity index is 2.10. The quantitative estimate of drug-likeness (QED) is 0.861. The van der Waals surface area contributed by atoms with Gasteiger partial charge in [0.1, 0.15) is 0 Å². The normalized spacial score (nSPS) is 25.7. The standard InChI is InChI=1S/C14H22N2O2/c1-9(2)18-10-6-5-7-15-13(10)16-11-8-12(17)14(11,3)4/h5-7,9,11-12,17H,8H2,1-4H3,(H,15,16). The van der Waals surface area contributed by atoms with Crippen molar-refractivity contribution in [2.75, 3.05) is 5.32 Å². The molecule has 0 aromatic carbocycles. The van der Waals surface area contributed by atoms with E-state index in [1.165, 1.54) is 0 Å². The summed E-state index contributed by atoms with van der Waals surface area (Å²) in [5.74, 6) is 1.53. The van der Waals surface area contributed by atoms with Crippen molar-refractivity contribution < 1.29 is 9.84 Å². The number of anilines is 1. The summed E-state index contributed by atoms with van der Waals surface area (Å²) < 4.78 is 5.72. The van der Waals surface area contributed by atoms with E-state index < -0.39 is 0 Å². The summed E-state index contributed by atoms with van der Waals surface area (Å²) in [5.41, 5.74) is -0.118. The molecule has 0 radical (unpaired) electrons. The summed E-state index contributed by atoms with van der Waals surface area (Å²) in [5, 5.41) is 13.1. The summed E-state index contributed by atoms with van der Waals surface area (Å²) in [6, 6.07) is 4.01. The molecule has 1 aromatic rings. The highest BCUT2D eigenvalue weighted by atomic mass is 16.5. The van der Waals surface area contributed by atoms with Crippen LogP contribution in [0, 0.1) is 5.41 Å². The second-order valence-corrected chi connectivity index (χ2v) is 5.79. The van der Waals surface area contributed by atoms with E-state index in [0.717, 1.165) is 18.0 Å². The fraction of sp³-hybridized carbons (Fsp3) is 0.643. The van der Waals surface area contributed by atoms with Gasteiger partial charge in [0.15, 0.2) is 11.6 Å². The minimum atomic E-state index is -0.242. The minimum Gasteiger partial charge on any atom is -0.487 e. The molecule has 0 aliphatic heterocycles. The van der Waals surface area contributed by atoms with Crippen LogP contribution in [-0.4, -0.2) is 28.3 Å². The van der Waals surface area contributed by atoms with Gasteiger partial charge >= 0.3 is 0 Å². The van der Waals surface area contributed by atoms with Gasteiger partial charge in [-0.05, 0) is 32.4 Å². The number of ether oxygens (including phenoxy) is 1. The van der Waals surface area contributed by atoms with Crippen molar-refractivity contribution in [1.29, 1.82) is 0 Å². The molecule has 100 valence electrons. The van der Waals surface area contributed by atoms with Crippen LogP contribution < -0.4 is 10.1 Å². The van der Waals surface area contributed by atoms with Crippen molar-refractivity contribution in [2.45, 2.75) is 52.4 Å². The third kappa shape index (κ3) is 2.43. The average molecular weight is 250 g/mol. The third-order valence-corrected chi connectivity index (χ3v) is 3.66. The molecule has 2 unspecified atom stereocenters. The molecule has 1 heterocycles. The predicted molar refractivity (Wildman–Crippen MR) is 71.8 cm³/mol. The lowest BCUT2D eigenvalue weighted by atomic mass is 9.64. The lowest BCUT2D eigenvalue weighted by Gasteiger charge is -2.49. The SMILES string of the molecule is CC(C)Oc1cccnc1NC1CC(O)C1(C)C. The monoisotopic (exact) mass is 250 g/mol. The lowest BCUT2D eigenvalue weighted by molar-refractivity contribution is -0.0512. The zero-order valence-electron chi connectivity index (χ0n) is 11.5. The van der Waals surface area contributed by atoms with E-state index in [-0.39, 0.29) is 23.7 Å². The second-order valence-electron chi connectivity index (χ2n) is 5.79. The summed E-state index contributed by atoms with van der Waals surface area (Å²) in [7, 11) is 0. The number of aromatic nitrogens is 1. The Labute approximate surface area is 108 Å². The molecule has 4 nitrogen and oxygen atoms in total. The Morgan fingerprint density at radius 2 is 2.22 bits per heavy atom. The molecule has 2 rings (SSSR count). The zero-order valence-corrected chi connectivity index (χ0v) is 11.5. The van der Waals surface area contributed by atoms with Crippen LogP contribution >= 0.6 is 0 Å². The zero-order chi connectivity index (χ0) is 13.3. The molecule has 0 bridgehead atoms.